The van der Waals surface area contributed by atoms with Gasteiger partial charge in [-0.05, 0) is 32.8 Å². The molecule has 2 N–H and O–H groups in total. The molecule has 0 rings (SSSR count). The molecule has 14 heavy (non-hydrogen) atoms. The lowest BCUT2D eigenvalue weighted by atomic mass is 10.2. The number of hydrogen-bond donors (Lipinski definition) is 2. The van der Waals surface area contributed by atoms with Gasteiger partial charge in [-0.25, -0.2) is 0 Å². The highest BCUT2D eigenvalue weighted by Gasteiger charge is 2.08. The number of ketones is 1. The van der Waals surface area contributed by atoms with E-state index < -0.39 is 6.04 Å². The van der Waals surface area contributed by atoms with Gasteiger partial charge in [0.1, 0.15) is 12.2 Å². The zero-order valence-corrected chi connectivity index (χ0v) is 9.17. The molecule has 0 saturated heterocycles. The van der Waals surface area contributed by atoms with E-state index >= 15 is 0 Å². The van der Waals surface area contributed by atoms with Crippen molar-refractivity contribution in [1.82, 2.24) is 5.43 Å². The Kier molecular flexibility index (Phi) is 7.28. The van der Waals surface area contributed by atoms with Crippen LogP contribution in [0.4, 0.5) is 0 Å². The number of carbonyl (C=O) groups is 1. The summed E-state index contributed by atoms with van der Waals surface area (Å²) in [6, 6.07) is -0.390. The third-order valence-corrected chi connectivity index (χ3v) is 1.96. The number of hydroxylamine groups is 1. The van der Waals surface area contributed by atoms with Crippen molar-refractivity contribution in [3.05, 3.63) is 17.5 Å². The van der Waals surface area contributed by atoms with Crippen molar-refractivity contribution in [3.8, 4) is 0 Å². The predicted molar refractivity (Wildman–Crippen MR) is 56.3 cm³/mol. The molecule has 0 aromatic rings. The number of hydrogen-bond acceptors (Lipinski definition) is 3. The molecule has 0 heterocycles. The molecule has 0 aromatic heterocycles. The van der Waals surface area contributed by atoms with Crippen LogP contribution in [0.5, 0.6) is 0 Å². The van der Waals surface area contributed by atoms with Crippen LogP contribution >= 0.6 is 0 Å². The van der Waals surface area contributed by atoms with Crippen molar-refractivity contribution in [2.24, 2.45) is 0 Å². The van der Waals surface area contributed by atoms with E-state index in [1.807, 2.05) is 6.08 Å². The van der Waals surface area contributed by atoms with E-state index in [2.05, 4.69) is 12.3 Å². The largest absolute Gasteiger partial charge is 0.608 e. The Bertz CT molecular complexity index is 193. The molecule has 82 valence electrons. The molecule has 0 aliphatic heterocycles. The van der Waals surface area contributed by atoms with Crippen molar-refractivity contribution in [2.45, 2.75) is 46.1 Å². The number of quaternary nitrogens is 1. The first-order valence-corrected chi connectivity index (χ1v) is 5.05. The quantitative estimate of drug-likeness (QED) is 0.466. The first-order chi connectivity index (χ1) is 6.57. The van der Waals surface area contributed by atoms with Gasteiger partial charge in [0, 0.05) is 0 Å². The maximum Gasteiger partial charge on any atom is 0.151 e. The zero-order valence-electron chi connectivity index (χ0n) is 9.17. The molecule has 0 fully saturated rings. The van der Waals surface area contributed by atoms with E-state index in [4.69, 9.17) is 0 Å². The summed E-state index contributed by atoms with van der Waals surface area (Å²) in [6.07, 6.45) is 6.46. The predicted octanol–water partition coefficient (Wildman–Crippen LogP) is 0.555. The Hall–Kier alpha value is -0.710. The van der Waals surface area contributed by atoms with Crippen LogP contribution < -0.4 is 10.6 Å². The molecule has 0 aliphatic carbocycles. The van der Waals surface area contributed by atoms with E-state index in [-0.39, 0.29) is 11.0 Å². The Labute approximate surface area is 85.5 Å². The number of unbranched alkanes of at least 4 members (excludes halogenated alkanes) is 2. The Morgan fingerprint density at radius 2 is 2.29 bits per heavy atom. The lowest BCUT2D eigenvalue weighted by Gasteiger charge is -2.20. The van der Waals surface area contributed by atoms with Gasteiger partial charge >= 0.3 is 0 Å². The van der Waals surface area contributed by atoms with Crippen molar-refractivity contribution in [1.29, 1.82) is 0 Å². The molecule has 2 unspecified atom stereocenters. The molecule has 2 atom stereocenters. The van der Waals surface area contributed by atoms with Crippen molar-refractivity contribution >= 4 is 5.78 Å². The fraction of sp³-hybridized carbons (Fsp3) is 0.700. The van der Waals surface area contributed by atoms with Crippen LogP contribution in [0, 0.1) is 5.21 Å². The average molecular weight is 200 g/mol. The number of allylic oxidation sites excluding steroid dienone is 1. The summed E-state index contributed by atoms with van der Waals surface area (Å²) in [5, 5.41) is 11.0. The standard InChI is InChI=1S/C10H20N2O2/c1-4-5-6-7-8-12(14)11-9(2)10(3)13/h7-9,11-12H,4-6H2,1-3H3. The molecule has 4 heteroatoms. The summed E-state index contributed by atoms with van der Waals surface area (Å²) < 4.78 is 0. The summed E-state index contributed by atoms with van der Waals surface area (Å²) in [6.45, 7) is 5.25. The second-order valence-corrected chi connectivity index (χ2v) is 3.39. The van der Waals surface area contributed by atoms with Gasteiger partial charge in [-0.1, -0.05) is 13.3 Å². The normalized spacial score (nSPS) is 15.7. The fourth-order valence-electron chi connectivity index (χ4n) is 0.875. The van der Waals surface area contributed by atoms with Crippen LogP contribution in [0.15, 0.2) is 12.3 Å². The molecule has 0 aliphatic rings. The number of Topliss-reactive ketones (excluding diaryl/α,β-unsaturated/α-hetero) is 1. The van der Waals surface area contributed by atoms with Gasteiger partial charge in [0.05, 0.1) is 0 Å². The molecule has 4 nitrogen and oxygen atoms in total. The van der Waals surface area contributed by atoms with Gasteiger partial charge < -0.3 is 5.21 Å². The second kappa shape index (κ2) is 7.67. The van der Waals surface area contributed by atoms with E-state index in [1.54, 1.807) is 6.92 Å². The van der Waals surface area contributed by atoms with Gasteiger partial charge in [-0.2, -0.15) is 5.43 Å². The van der Waals surface area contributed by atoms with Crippen LogP contribution in [0.1, 0.15) is 40.0 Å². The molecule has 0 radical (unpaired) electrons. The van der Waals surface area contributed by atoms with Crippen LogP contribution in [-0.4, -0.2) is 11.8 Å². The highest BCUT2D eigenvalue weighted by molar-refractivity contribution is 5.80. The molecular formula is C10H20N2O2. The first kappa shape index (κ1) is 13.3. The minimum absolute atomic E-state index is 0.0275. The van der Waals surface area contributed by atoms with E-state index in [0.29, 0.717) is 0 Å². The third-order valence-electron chi connectivity index (χ3n) is 1.96. The van der Waals surface area contributed by atoms with E-state index in [9.17, 15) is 10.0 Å². The lowest BCUT2D eigenvalue weighted by molar-refractivity contribution is -0.844. The summed E-state index contributed by atoms with van der Waals surface area (Å²) in [7, 11) is 0. The third kappa shape index (κ3) is 6.77. The van der Waals surface area contributed by atoms with Crippen molar-refractivity contribution in [3.63, 3.8) is 0 Å². The molecule has 0 bridgehead atoms. The minimum Gasteiger partial charge on any atom is -0.608 e. The van der Waals surface area contributed by atoms with Gasteiger partial charge in [-0.15, -0.1) is 0 Å². The smallest absolute Gasteiger partial charge is 0.151 e. The lowest BCUT2D eigenvalue weighted by Crippen LogP contribution is -3.11. The number of rotatable bonds is 7. The molecule has 0 amide bonds. The molecule has 0 aromatic carbocycles. The van der Waals surface area contributed by atoms with Crippen LogP contribution in [0.3, 0.4) is 0 Å². The second-order valence-electron chi connectivity index (χ2n) is 3.39. The van der Waals surface area contributed by atoms with Gasteiger partial charge in [-0.3, -0.25) is 9.97 Å². The summed E-state index contributed by atoms with van der Waals surface area (Å²) >= 11 is 0. The molecular weight excluding hydrogens is 180 g/mol. The monoisotopic (exact) mass is 200 g/mol. The Morgan fingerprint density at radius 1 is 1.64 bits per heavy atom. The maximum absolute atomic E-state index is 11.2. The molecule has 0 saturated carbocycles. The zero-order chi connectivity index (χ0) is 11.0. The highest BCUT2D eigenvalue weighted by atomic mass is 16.5. The van der Waals surface area contributed by atoms with Crippen molar-refractivity contribution in [2.75, 3.05) is 0 Å². The first-order valence-electron chi connectivity index (χ1n) is 5.05. The van der Waals surface area contributed by atoms with E-state index in [1.165, 1.54) is 13.1 Å². The van der Waals surface area contributed by atoms with Crippen LogP contribution in [0.2, 0.25) is 0 Å². The number of nitrogens with one attached hydrogen (secondary N) is 2. The summed E-state index contributed by atoms with van der Waals surface area (Å²) in [4.78, 5) is 10.8. The number of carbonyl (C=O) groups excluding carboxylic acids is 1. The van der Waals surface area contributed by atoms with Gasteiger partial charge in [0.15, 0.2) is 5.78 Å². The SMILES string of the molecule is CCCCC=C[NH+]([O-])NC(C)C(C)=O. The van der Waals surface area contributed by atoms with Crippen molar-refractivity contribution < 1.29 is 9.97 Å². The minimum atomic E-state index is -0.390. The summed E-state index contributed by atoms with van der Waals surface area (Å²) in [5.74, 6) is -0.0275. The topological polar surface area (TPSA) is 56.6 Å². The fourth-order valence-corrected chi connectivity index (χ4v) is 0.875. The average Bonchev–Trinajstić information content (AvgIpc) is 2.12. The van der Waals surface area contributed by atoms with E-state index in [0.717, 1.165) is 19.3 Å². The molecule has 0 spiro atoms. The summed E-state index contributed by atoms with van der Waals surface area (Å²) in [5.41, 5.74) is 2.58. The Balaban J connectivity index is 3.68. The van der Waals surface area contributed by atoms with Gasteiger partial charge in [0.2, 0.25) is 0 Å². The van der Waals surface area contributed by atoms with Crippen LogP contribution in [-0.2, 0) is 4.79 Å². The highest BCUT2D eigenvalue weighted by Crippen LogP contribution is 1.92. The van der Waals surface area contributed by atoms with Crippen LogP contribution in [0.25, 0.3) is 0 Å². The van der Waals surface area contributed by atoms with Gasteiger partial charge in [0.25, 0.3) is 0 Å². The maximum atomic E-state index is 11.2. The Morgan fingerprint density at radius 3 is 2.79 bits per heavy atom.